The number of nitrogens with zero attached hydrogens (tertiary/aromatic N) is 2. The van der Waals surface area contributed by atoms with Gasteiger partial charge >= 0.3 is 0 Å². The van der Waals surface area contributed by atoms with E-state index >= 15 is 0 Å². The maximum atomic E-state index is 13.7. The molecule has 0 saturated carbocycles. The van der Waals surface area contributed by atoms with E-state index in [0.717, 1.165) is 12.0 Å². The van der Waals surface area contributed by atoms with Gasteiger partial charge < -0.3 is 4.74 Å². The first-order chi connectivity index (χ1) is 13.9. The number of carbonyl (C=O) groups is 1. The third kappa shape index (κ3) is 5.58. The Balaban J connectivity index is 1.58. The van der Waals surface area contributed by atoms with E-state index in [0.29, 0.717) is 17.1 Å². The lowest BCUT2D eigenvalue weighted by Gasteiger charge is -2.06. The Morgan fingerprint density at radius 3 is 2.55 bits per heavy atom. The highest BCUT2D eigenvalue weighted by Gasteiger charge is 2.23. The Morgan fingerprint density at radius 1 is 1.14 bits per heavy atom. The average molecular weight is 436 g/mol. The van der Waals surface area contributed by atoms with E-state index in [9.17, 15) is 17.6 Å². The molecular weight excluding hydrogens is 417 g/mol. The zero-order chi connectivity index (χ0) is 20.9. The first-order valence-electron chi connectivity index (χ1n) is 8.68. The van der Waals surface area contributed by atoms with Crippen molar-refractivity contribution in [2.75, 3.05) is 11.9 Å². The summed E-state index contributed by atoms with van der Waals surface area (Å²) in [5, 5.41) is 9.74. The Labute approximate surface area is 171 Å². The molecule has 1 N–H and O–H groups in total. The number of aryl methyl sites for hydroxylation is 1. The fourth-order valence-electron chi connectivity index (χ4n) is 2.39. The van der Waals surface area contributed by atoms with Crippen LogP contribution in [-0.4, -0.2) is 31.1 Å². The normalized spacial score (nSPS) is 11.2. The van der Waals surface area contributed by atoms with Gasteiger partial charge in [-0.3, -0.25) is 10.1 Å². The summed E-state index contributed by atoms with van der Waals surface area (Å²) >= 11 is 0.700. The van der Waals surface area contributed by atoms with E-state index in [2.05, 4.69) is 15.5 Å². The largest absolute Gasteiger partial charge is 0.484 e. The number of benzene rings is 2. The number of halogens is 1. The Bertz CT molecular complexity index is 1100. The standard InChI is InChI=1S/C19H18FN3O4S2/c1-2-13-7-9-15(10-8-13)27-11-17(24)21-18-22-23-19(28-18)29(25,26)12-14-5-3-4-6-16(14)20/h3-10H,2,11-12H2,1H3,(H,21,22,24). The second-order valence-corrected chi connectivity index (χ2v) is 9.20. The number of hydrogen-bond donors (Lipinski definition) is 1. The molecule has 0 fully saturated rings. The molecule has 1 aromatic heterocycles. The van der Waals surface area contributed by atoms with Crippen LogP contribution < -0.4 is 10.1 Å². The Kier molecular flexibility index (Phi) is 6.55. The van der Waals surface area contributed by atoms with Crippen molar-refractivity contribution in [1.29, 1.82) is 0 Å². The zero-order valence-electron chi connectivity index (χ0n) is 15.5. The molecule has 0 aliphatic heterocycles. The third-order valence-electron chi connectivity index (χ3n) is 3.92. The van der Waals surface area contributed by atoms with Crippen LogP contribution in [0.25, 0.3) is 0 Å². The quantitative estimate of drug-likeness (QED) is 0.546. The number of anilines is 1. The van der Waals surface area contributed by atoms with Crippen molar-refractivity contribution >= 4 is 32.2 Å². The fourth-order valence-corrected chi connectivity index (χ4v) is 4.74. The summed E-state index contributed by atoms with van der Waals surface area (Å²) < 4.78 is 43.6. The molecule has 1 amide bonds. The summed E-state index contributed by atoms with van der Waals surface area (Å²) in [5.74, 6) is -1.11. The molecule has 0 saturated heterocycles. The maximum absolute atomic E-state index is 13.7. The molecule has 7 nitrogen and oxygen atoms in total. The SMILES string of the molecule is CCc1ccc(OCC(=O)Nc2nnc(S(=O)(=O)Cc3ccccc3F)s2)cc1. The van der Waals surface area contributed by atoms with Crippen LogP contribution >= 0.6 is 11.3 Å². The molecule has 0 bridgehead atoms. The molecular formula is C19H18FN3O4S2. The summed E-state index contributed by atoms with van der Waals surface area (Å²) in [7, 11) is -3.89. The number of sulfone groups is 1. The van der Waals surface area contributed by atoms with E-state index in [1.807, 2.05) is 19.1 Å². The van der Waals surface area contributed by atoms with Gasteiger partial charge in [-0.1, -0.05) is 48.6 Å². The van der Waals surface area contributed by atoms with Crippen molar-refractivity contribution in [2.24, 2.45) is 0 Å². The average Bonchev–Trinajstić information content (AvgIpc) is 3.18. The molecule has 0 aliphatic rings. The molecule has 0 aliphatic carbocycles. The highest BCUT2D eigenvalue weighted by atomic mass is 32.2. The van der Waals surface area contributed by atoms with Crippen LogP contribution in [0.3, 0.4) is 0 Å². The zero-order valence-corrected chi connectivity index (χ0v) is 17.1. The summed E-state index contributed by atoms with van der Waals surface area (Å²) in [5.41, 5.74) is 1.19. The lowest BCUT2D eigenvalue weighted by atomic mass is 10.2. The number of amides is 1. The van der Waals surface area contributed by atoms with Crippen LogP contribution in [0.2, 0.25) is 0 Å². The predicted octanol–water partition coefficient (Wildman–Crippen LogP) is 3.23. The fraction of sp³-hybridized carbons (Fsp3) is 0.211. The van der Waals surface area contributed by atoms with Gasteiger partial charge in [0.25, 0.3) is 5.91 Å². The van der Waals surface area contributed by atoms with Crippen LogP contribution in [0.4, 0.5) is 9.52 Å². The van der Waals surface area contributed by atoms with E-state index in [4.69, 9.17) is 4.74 Å². The van der Waals surface area contributed by atoms with Gasteiger partial charge in [0.2, 0.25) is 19.3 Å². The third-order valence-corrected chi connectivity index (χ3v) is 6.87. The van der Waals surface area contributed by atoms with Crippen molar-refractivity contribution in [3.05, 3.63) is 65.5 Å². The highest BCUT2D eigenvalue weighted by molar-refractivity contribution is 7.92. The molecule has 10 heteroatoms. The van der Waals surface area contributed by atoms with Crippen molar-refractivity contribution < 1.29 is 22.3 Å². The van der Waals surface area contributed by atoms with E-state index in [1.54, 1.807) is 18.2 Å². The van der Waals surface area contributed by atoms with E-state index < -0.39 is 27.3 Å². The summed E-state index contributed by atoms with van der Waals surface area (Å²) in [6.45, 7) is 1.78. The van der Waals surface area contributed by atoms with Crippen molar-refractivity contribution in [3.8, 4) is 5.75 Å². The number of nitrogens with one attached hydrogen (secondary N) is 1. The minimum absolute atomic E-state index is 0.0204. The Hall–Kier alpha value is -2.85. The molecule has 29 heavy (non-hydrogen) atoms. The monoisotopic (exact) mass is 435 g/mol. The van der Waals surface area contributed by atoms with Crippen molar-refractivity contribution in [2.45, 2.75) is 23.4 Å². The van der Waals surface area contributed by atoms with Crippen molar-refractivity contribution in [1.82, 2.24) is 10.2 Å². The second kappa shape index (κ2) is 9.10. The van der Waals surface area contributed by atoms with Gasteiger partial charge in [-0.05, 0) is 30.2 Å². The van der Waals surface area contributed by atoms with Crippen LogP contribution in [0.5, 0.6) is 5.75 Å². The number of hydrogen-bond acceptors (Lipinski definition) is 7. The van der Waals surface area contributed by atoms with Gasteiger partial charge in [0, 0.05) is 5.56 Å². The van der Waals surface area contributed by atoms with Gasteiger partial charge in [0.15, 0.2) is 6.61 Å². The van der Waals surface area contributed by atoms with Crippen LogP contribution in [-0.2, 0) is 26.8 Å². The van der Waals surface area contributed by atoms with Gasteiger partial charge in [0.1, 0.15) is 11.6 Å². The summed E-state index contributed by atoms with van der Waals surface area (Å²) in [4.78, 5) is 12.0. The van der Waals surface area contributed by atoms with Gasteiger partial charge in [0.05, 0.1) is 5.75 Å². The first-order valence-corrected chi connectivity index (χ1v) is 11.2. The van der Waals surface area contributed by atoms with E-state index in [-0.39, 0.29) is 21.6 Å². The lowest BCUT2D eigenvalue weighted by molar-refractivity contribution is -0.118. The number of ether oxygens (including phenoxy) is 1. The highest BCUT2D eigenvalue weighted by Crippen LogP contribution is 2.24. The van der Waals surface area contributed by atoms with Gasteiger partial charge in [-0.2, -0.15) is 0 Å². The lowest BCUT2D eigenvalue weighted by Crippen LogP contribution is -2.20. The van der Waals surface area contributed by atoms with Crippen LogP contribution in [0.1, 0.15) is 18.1 Å². The molecule has 152 valence electrons. The van der Waals surface area contributed by atoms with Crippen molar-refractivity contribution in [3.63, 3.8) is 0 Å². The molecule has 0 unspecified atom stereocenters. The first kappa shape index (κ1) is 20.9. The second-order valence-electron chi connectivity index (χ2n) is 6.06. The Morgan fingerprint density at radius 2 is 1.86 bits per heavy atom. The minimum Gasteiger partial charge on any atom is -0.484 e. The number of aromatic nitrogens is 2. The summed E-state index contributed by atoms with van der Waals surface area (Å²) in [6, 6.07) is 13.0. The van der Waals surface area contributed by atoms with Gasteiger partial charge in [-0.25, -0.2) is 12.8 Å². The van der Waals surface area contributed by atoms with Crippen LogP contribution in [0.15, 0.2) is 52.9 Å². The van der Waals surface area contributed by atoms with Gasteiger partial charge in [-0.15, -0.1) is 10.2 Å². The molecule has 1 heterocycles. The summed E-state index contributed by atoms with van der Waals surface area (Å²) in [6.07, 6.45) is 0.903. The molecule has 3 aromatic rings. The van der Waals surface area contributed by atoms with E-state index in [1.165, 1.54) is 18.2 Å². The molecule has 0 radical (unpaired) electrons. The number of rotatable bonds is 8. The maximum Gasteiger partial charge on any atom is 0.264 e. The molecule has 0 spiro atoms. The number of carbonyl (C=O) groups excluding carboxylic acids is 1. The molecule has 0 atom stereocenters. The van der Waals surface area contributed by atoms with Crippen LogP contribution in [0, 0.1) is 5.82 Å². The topological polar surface area (TPSA) is 98.2 Å². The minimum atomic E-state index is -3.89. The predicted molar refractivity (Wildman–Crippen MR) is 107 cm³/mol. The molecule has 3 rings (SSSR count). The molecule has 2 aromatic carbocycles. The smallest absolute Gasteiger partial charge is 0.264 e.